The van der Waals surface area contributed by atoms with Gasteiger partial charge in [-0.05, 0) is 60.1 Å². The van der Waals surface area contributed by atoms with E-state index in [1.165, 1.54) is 56.9 Å². The summed E-state index contributed by atoms with van der Waals surface area (Å²) in [5, 5.41) is 0. The zero-order valence-electron chi connectivity index (χ0n) is 19.7. The summed E-state index contributed by atoms with van der Waals surface area (Å²) in [7, 11) is 0. The first kappa shape index (κ1) is 24.0. The Bertz CT molecular complexity index is 800. The van der Waals surface area contributed by atoms with Gasteiger partial charge in [-0.15, -0.1) is 0 Å². The van der Waals surface area contributed by atoms with Crippen LogP contribution in [0.25, 0.3) is 11.1 Å². The van der Waals surface area contributed by atoms with Crippen molar-refractivity contribution in [1.82, 2.24) is 0 Å². The Balaban J connectivity index is 1.66. The predicted octanol–water partition coefficient (Wildman–Crippen LogP) is 9.46. The Labute approximate surface area is 188 Å². The molecule has 0 aliphatic heterocycles. The average Bonchev–Trinajstić information content (AvgIpc) is 2.81. The van der Waals surface area contributed by atoms with Crippen molar-refractivity contribution in [2.24, 2.45) is 11.8 Å². The number of aryl methyl sites for hydroxylation is 1. The third kappa shape index (κ3) is 6.18. The summed E-state index contributed by atoms with van der Waals surface area (Å²) in [6.45, 7) is 6.55. The van der Waals surface area contributed by atoms with E-state index in [1.54, 1.807) is 6.07 Å². The standard InChI is InChI=1S/C29H40F2/c1-4-6-7-8-9-10-23-13-17-25(18-14-23)27-20-19-26(28(30)29(27)31)21(3)24-15-11-22(5-2)12-16-24/h13-14,17-22,24H,4-12,15-16H2,1-3H3. The number of hydrogen-bond donors (Lipinski definition) is 0. The van der Waals surface area contributed by atoms with Crippen LogP contribution >= 0.6 is 0 Å². The fourth-order valence-electron chi connectivity index (χ4n) is 5.27. The molecule has 0 nitrogen and oxygen atoms in total. The molecule has 2 aromatic rings. The molecule has 1 unspecified atom stereocenters. The zero-order chi connectivity index (χ0) is 22.2. The predicted molar refractivity (Wildman–Crippen MR) is 128 cm³/mol. The van der Waals surface area contributed by atoms with E-state index in [9.17, 15) is 0 Å². The molecule has 0 bridgehead atoms. The van der Waals surface area contributed by atoms with Gasteiger partial charge in [0, 0.05) is 5.56 Å². The summed E-state index contributed by atoms with van der Waals surface area (Å²) in [6, 6.07) is 11.6. The van der Waals surface area contributed by atoms with Crippen molar-refractivity contribution < 1.29 is 8.78 Å². The van der Waals surface area contributed by atoms with Crippen molar-refractivity contribution in [2.45, 2.75) is 97.3 Å². The van der Waals surface area contributed by atoms with Crippen LogP contribution < -0.4 is 0 Å². The molecule has 3 rings (SSSR count). The number of unbranched alkanes of at least 4 members (excludes halogenated alkanes) is 4. The Kier molecular flexibility index (Phi) is 9.11. The van der Waals surface area contributed by atoms with E-state index in [1.807, 2.05) is 18.2 Å². The van der Waals surface area contributed by atoms with Crippen LogP contribution in [0.1, 0.15) is 102 Å². The quantitative estimate of drug-likeness (QED) is 0.332. The second-order valence-corrected chi connectivity index (χ2v) is 9.67. The summed E-state index contributed by atoms with van der Waals surface area (Å²) in [4.78, 5) is 0. The van der Waals surface area contributed by atoms with Crippen LogP contribution in [-0.2, 0) is 6.42 Å². The van der Waals surface area contributed by atoms with Crippen LogP contribution in [0.3, 0.4) is 0 Å². The van der Waals surface area contributed by atoms with Gasteiger partial charge in [0.25, 0.3) is 0 Å². The third-order valence-electron chi connectivity index (χ3n) is 7.61. The van der Waals surface area contributed by atoms with Crippen LogP contribution in [0.4, 0.5) is 8.78 Å². The molecule has 1 aliphatic carbocycles. The molecule has 0 radical (unpaired) electrons. The fourth-order valence-corrected chi connectivity index (χ4v) is 5.27. The highest BCUT2D eigenvalue weighted by atomic mass is 19.2. The van der Waals surface area contributed by atoms with Gasteiger partial charge >= 0.3 is 0 Å². The highest BCUT2D eigenvalue weighted by molar-refractivity contribution is 5.65. The molecule has 0 aromatic heterocycles. The SMILES string of the molecule is CCCCCCCc1ccc(-c2ccc(C(C)C3CCC(CC)CC3)c(F)c2F)cc1. The van der Waals surface area contributed by atoms with Crippen LogP contribution in [0, 0.1) is 23.5 Å². The van der Waals surface area contributed by atoms with Gasteiger partial charge in [-0.25, -0.2) is 8.78 Å². The highest BCUT2D eigenvalue weighted by Crippen LogP contribution is 2.40. The minimum Gasteiger partial charge on any atom is -0.203 e. The summed E-state index contributed by atoms with van der Waals surface area (Å²) in [6.07, 6.45) is 13.3. The summed E-state index contributed by atoms with van der Waals surface area (Å²) in [5.41, 5.74) is 2.95. The van der Waals surface area contributed by atoms with Crippen LogP contribution in [0.5, 0.6) is 0 Å². The van der Waals surface area contributed by atoms with Gasteiger partial charge in [0.05, 0.1) is 0 Å². The molecule has 0 amide bonds. The molecule has 0 saturated heterocycles. The van der Waals surface area contributed by atoms with Crippen LogP contribution in [-0.4, -0.2) is 0 Å². The van der Waals surface area contributed by atoms with Gasteiger partial charge in [0.2, 0.25) is 0 Å². The zero-order valence-corrected chi connectivity index (χ0v) is 19.7. The molecule has 1 aliphatic rings. The van der Waals surface area contributed by atoms with Crippen molar-refractivity contribution in [3.8, 4) is 11.1 Å². The van der Waals surface area contributed by atoms with E-state index in [4.69, 9.17) is 0 Å². The Hall–Kier alpha value is -1.70. The molecular formula is C29H40F2. The molecule has 0 N–H and O–H groups in total. The molecule has 1 atom stereocenters. The highest BCUT2D eigenvalue weighted by Gasteiger charge is 2.28. The second-order valence-electron chi connectivity index (χ2n) is 9.67. The van der Waals surface area contributed by atoms with Gasteiger partial charge < -0.3 is 0 Å². The van der Waals surface area contributed by atoms with Crippen molar-refractivity contribution in [3.63, 3.8) is 0 Å². The number of hydrogen-bond acceptors (Lipinski definition) is 0. The average molecular weight is 427 g/mol. The maximum absolute atomic E-state index is 15.1. The second kappa shape index (κ2) is 11.8. The van der Waals surface area contributed by atoms with Gasteiger partial charge in [0.1, 0.15) is 0 Å². The maximum atomic E-state index is 15.1. The molecule has 2 aromatic carbocycles. The van der Waals surface area contributed by atoms with E-state index >= 15 is 8.78 Å². The molecule has 170 valence electrons. The fraction of sp³-hybridized carbons (Fsp3) is 0.586. The first-order valence-corrected chi connectivity index (χ1v) is 12.6. The van der Waals surface area contributed by atoms with Gasteiger partial charge in [-0.1, -0.05) is 102 Å². The monoisotopic (exact) mass is 426 g/mol. The molecule has 2 heteroatoms. The minimum atomic E-state index is -0.695. The third-order valence-corrected chi connectivity index (χ3v) is 7.61. The molecule has 1 fully saturated rings. The van der Waals surface area contributed by atoms with E-state index in [0.717, 1.165) is 30.7 Å². The summed E-state index contributed by atoms with van der Waals surface area (Å²) in [5.74, 6) is -0.0103. The molecule has 0 heterocycles. The summed E-state index contributed by atoms with van der Waals surface area (Å²) < 4.78 is 30.1. The topological polar surface area (TPSA) is 0 Å². The Morgan fingerprint density at radius 2 is 1.48 bits per heavy atom. The molecule has 31 heavy (non-hydrogen) atoms. The lowest BCUT2D eigenvalue weighted by atomic mass is 9.73. The van der Waals surface area contributed by atoms with E-state index in [2.05, 4.69) is 32.9 Å². The first-order valence-electron chi connectivity index (χ1n) is 12.6. The lowest BCUT2D eigenvalue weighted by Crippen LogP contribution is -2.19. The lowest BCUT2D eigenvalue weighted by molar-refractivity contribution is 0.242. The van der Waals surface area contributed by atoms with Crippen molar-refractivity contribution in [2.75, 3.05) is 0 Å². The van der Waals surface area contributed by atoms with E-state index < -0.39 is 11.6 Å². The van der Waals surface area contributed by atoms with E-state index in [-0.39, 0.29) is 5.92 Å². The molecular weight excluding hydrogens is 386 g/mol. The molecule has 0 spiro atoms. The first-order chi connectivity index (χ1) is 15.0. The van der Waals surface area contributed by atoms with E-state index in [0.29, 0.717) is 17.0 Å². The number of benzene rings is 2. The normalized spacial score (nSPS) is 20.0. The Morgan fingerprint density at radius 3 is 2.13 bits per heavy atom. The smallest absolute Gasteiger partial charge is 0.166 e. The van der Waals surface area contributed by atoms with Gasteiger partial charge in [-0.3, -0.25) is 0 Å². The Morgan fingerprint density at radius 1 is 0.806 bits per heavy atom. The molecule has 1 saturated carbocycles. The van der Waals surface area contributed by atoms with Crippen molar-refractivity contribution in [3.05, 3.63) is 59.2 Å². The minimum absolute atomic E-state index is 0.0661. The number of halogens is 2. The van der Waals surface area contributed by atoms with Gasteiger partial charge in [0.15, 0.2) is 11.6 Å². The summed E-state index contributed by atoms with van der Waals surface area (Å²) >= 11 is 0. The van der Waals surface area contributed by atoms with Crippen molar-refractivity contribution in [1.29, 1.82) is 0 Å². The van der Waals surface area contributed by atoms with Gasteiger partial charge in [-0.2, -0.15) is 0 Å². The maximum Gasteiger partial charge on any atom is 0.166 e. The van der Waals surface area contributed by atoms with Crippen molar-refractivity contribution >= 4 is 0 Å². The van der Waals surface area contributed by atoms with Crippen LogP contribution in [0.15, 0.2) is 36.4 Å². The largest absolute Gasteiger partial charge is 0.203 e. The lowest BCUT2D eigenvalue weighted by Gasteiger charge is -2.32. The number of rotatable bonds is 10. The van der Waals surface area contributed by atoms with Crippen LogP contribution in [0.2, 0.25) is 0 Å².